The van der Waals surface area contributed by atoms with Crippen molar-refractivity contribution in [2.24, 2.45) is 5.73 Å². The molecule has 0 saturated heterocycles. The fourth-order valence-electron chi connectivity index (χ4n) is 0.372. The summed E-state index contributed by atoms with van der Waals surface area (Å²) in [6.07, 6.45) is 0.546. The molecule has 0 fully saturated rings. The van der Waals surface area contributed by atoms with Gasteiger partial charge >= 0.3 is 0 Å². The van der Waals surface area contributed by atoms with Crippen LogP contribution in [0.3, 0.4) is 0 Å². The summed E-state index contributed by atoms with van der Waals surface area (Å²) < 4.78 is 0. The van der Waals surface area contributed by atoms with Gasteiger partial charge in [0.15, 0.2) is 5.82 Å². The van der Waals surface area contributed by atoms with E-state index in [2.05, 4.69) is 20.6 Å². The lowest BCUT2D eigenvalue weighted by Gasteiger charge is -1.90. The summed E-state index contributed by atoms with van der Waals surface area (Å²) in [5.41, 5.74) is 5.19. The molecule has 1 rings (SSSR count). The first-order valence-corrected chi connectivity index (χ1v) is 2.29. The Kier molecular flexibility index (Phi) is 1.50. The zero-order valence-corrected chi connectivity index (χ0v) is 4.48. The van der Waals surface area contributed by atoms with E-state index in [0.717, 1.165) is 0 Å². The number of hydrogen-bond acceptors (Lipinski definition) is 5. The number of carbonyl (C=O) groups is 1. The molecule has 9 heavy (non-hydrogen) atoms. The molecule has 0 aromatic carbocycles. The SMILES string of the molecule is NC(C=O)c1nn[nH]n1. The molecular formula is C3H5N5O. The van der Waals surface area contributed by atoms with Crippen molar-refractivity contribution in [3.63, 3.8) is 0 Å². The zero-order valence-electron chi connectivity index (χ0n) is 4.48. The van der Waals surface area contributed by atoms with E-state index in [4.69, 9.17) is 5.73 Å². The maximum atomic E-state index is 9.96. The average Bonchev–Trinajstić information content (AvgIpc) is 2.37. The van der Waals surface area contributed by atoms with Gasteiger partial charge in [-0.05, 0) is 0 Å². The first-order chi connectivity index (χ1) is 4.34. The molecule has 1 heterocycles. The van der Waals surface area contributed by atoms with Crippen LogP contribution in [0.25, 0.3) is 0 Å². The molecule has 48 valence electrons. The summed E-state index contributed by atoms with van der Waals surface area (Å²) in [5.74, 6) is 0.213. The summed E-state index contributed by atoms with van der Waals surface area (Å²) in [5, 5.41) is 12.4. The molecule has 3 N–H and O–H groups in total. The number of hydrogen-bond donors (Lipinski definition) is 2. The number of nitrogens with one attached hydrogen (secondary N) is 1. The van der Waals surface area contributed by atoms with E-state index in [0.29, 0.717) is 6.29 Å². The second kappa shape index (κ2) is 2.31. The number of aromatic nitrogens is 4. The van der Waals surface area contributed by atoms with Gasteiger partial charge in [-0.15, -0.1) is 10.2 Å². The third kappa shape index (κ3) is 1.08. The Morgan fingerprint density at radius 1 is 1.78 bits per heavy atom. The molecule has 1 aromatic rings. The highest BCUT2D eigenvalue weighted by molar-refractivity contribution is 5.58. The number of aldehydes is 1. The minimum Gasteiger partial charge on any atom is -0.315 e. The van der Waals surface area contributed by atoms with Crippen LogP contribution in [0.4, 0.5) is 0 Å². The number of rotatable bonds is 2. The normalized spacial score (nSPS) is 13.0. The van der Waals surface area contributed by atoms with E-state index in [-0.39, 0.29) is 5.82 Å². The molecule has 6 nitrogen and oxygen atoms in total. The zero-order chi connectivity index (χ0) is 6.69. The van der Waals surface area contributed by atoms with Crippen LogP contribution >= 0.6 is 0 Å². The van der Waals surface area contributed by atoms with Crippen LogP contribution in [-0.2, 0) is 4.79 Å². The summed E-state index contributed by atoms with van der Waals surface area (Å²) in [6.45, 7) is 0. The predicted octanol–water partition coefficient (Wildman–Crippen LogP) is -1.60. The van der Waals surface area contributed by atoms with Gasteiger partial charge in [0, 0.05) is 0 Å². The van der Waals surface area contributed by atoms with Crippen molar-refractivity contribution in [2.75, 3.05) is 0 Å². The number of nitrogens with zero attached hydrogens (tertiary/aromatic N) is 3. The molecule has 0 spiro atoms. The maximum Gasteiger partial charge on any atom is 0.198 e. The summed E-state index contributed by atoms with van der Waals surface area (Å²) >= 11 is 0. The Morgan fingerprint density at radius 3 is 3.00 bits per heavy atom. The number of H-pyrrole nitrogens is 1. The highest BCUT2D eigenvalue weighted by Crippen LogP contribution is 1.93. The van der Waals surface area contributed by atoms with Gasteiger partial charge < -0.3 is 10.5 Å². The smallest absolute Gasteiger partial charge is 0.198 e. The molecule has 0 bridgehead atoms. The lowest BCUT2D eigenvalue weighted by atomic mass is 10.3. The lowest BCUT2D eigenvalue weighted by Crippen LogP contribution is -2.12. The Bertz CT molecular complexity index is 182. The number of carbonyl (C=O) groups excluding carboxylic acids is 1. The van der Waals surface area contributed by atoms with Gasteiger partial charge in [0.05, 0.1) is 0 Å². The van der Waals surface area contributed by atoms with Crippen LogP contribution < -0.4 is 5.73 Å². The largest absolute Gasteiger partial charge is 0.315 e. The minimum atomic E-state index is -0.760. The van der Waals surface area contributed by atoms with Crippen molar-refractivity contribution in [1.29, 1.82) is 0 Å². The molecule has 0 aliphatic heterocycles. The first-order valence-electron chi connectivity index (χ1n) is 2.29. The fourth-order valence-corrected chi connectivity index (χ4v) is 0.372. The van der Waals surface area contributed by atoms with Crippen molar-refractivity contribution in [2.45, 2.75) is 6.04 Å². The Labute approximate surface area is 50.4 Å². The third-order valence-corrected chi connectivity index (χ3v) is 0.806. The monoisotopic (exact) mass is 127 g/mol. The predicted molar refractivity (Wildman–Crippen MR) is 27.2 cm³/mol. The number of tetrazole rings is 1. The van der Waals surface area contributed by atoms with Crippen LogP contribution in [0.1, 0.15) is 11.9 Å². The minimum absolute atomic E-state index is 0.213. The van der Waals surface area contributed by atoms with Gasteiger partial charge in [0.2, 0.25) is 0 Å². The molecule has 0 aliphatic carbocycles. The first kappa shape index (κ1) is 5.83. The van der Waals surface area contributed by atoms with Crippen LogP contribution in [0.5, 0.6) is 0 Å². The van der Waals surface area contributed by atoms with Crippen LogP contribution in [0.2, 0.25) is 0 Å². The molecule has 0 amide bonds. The second-order valence-electron chi connectivity index (χ2n) is 1.43. The van der Waals surface area contributed by atoms with E-state index in [1.165, 1.54) is 0 Å². The van der Waals surface area contributed by atoms with Gasteiger partial charge in [-0.1, -0.05) is 5.21 Å². The molecule has 1 aromatic heterocycles. The standard InChI is InChI=1S/C3H5N5O/c4-2(1-9)3-5-7-8-6-3/h1-2H,4H2,(H,5,6,7,8). The highest BCUT2D eigenvalue weighted by Gasteiger charge is 2.07. The lowest BCUT2D eigenvalue weighted by molar-refractivity contribution is -0.109. The number of aromatic amines is 1. The average molecular weight is 127 g/mol. The maximum absolute atomic E-state index is 9.96. The molecule has 0 aliphatic rings. The second-order valence-corrected chi connectivity index (χ2v) is 1.43. The van der Waals surface area contributed by atoms with Crippen molar-refractivity contribution in [3.05, 3.63) is 5.82 Å². The van der Waals surface area contributed by atoms with Crippen LogP contribution in [-0.4, -0.2) is 26.9 Å². The van der Waals surface area contributed by atoms with E-state index >= 15 is 0 Å². The van der Waals surface area contributed by atoms with Crippen molar-refractivity contribution in [1.82, 2.24) is 20.6 Å². The van der Waals surface area contributed by atoms with Gasteiger partial charge in [-0.3, -0.25) is 0 Å². The molecule has 0 radical (unpaired) electrons. The molecule has 6 heteroatoms. The van der Waals surface area contributed by atoms with Gasteiger partial charge in [-0.25, -0.2) is 0 Å². The number of nitrogens with two attached hydrogens (primary N) is 1. The topological polar surface area (TPSA) is 97.5 Å². The van der Waals surface area contributed by atoms with Crippen molar-refractivity contribution in [3.8, 4) is 0 Å². The molecule has 1 atom stereocenters. The summed E-state index contributed by atoms with van der Waals surface area (Å²) in [6, 6.07) is -0.760. The van der Waals surface area contributed by atoms with Crippen LogP contribution in [0.15, 0.2) is 0 Å². The van der Waals surface area contributed by atoms with Crippen molar-refractivity contribution >= 4 is 6.29 Å². The van der Waals surface area contributed by atoms with Gasteiger partial charge in [0.1, 0.15) is 12.3 Å². The van der Waals surface area contributed by atoms with Gasteiger partial charge in [0.25, 0.3) is 0 Å². The molecular weight excluding hydrogens is 122 g/mol. The third-order valence-electron chi connectivity index (χ3n) is 0.806. The highest BCUT2D eigenvalue weighted by atomic mass is 16.1. The van der Waals surface area contributed by atoms with E-state index in [1.54, 1.807) is 0 Å². The molecule has 1 unspecified atom stereocenters. The fraction of sp³-hybridized carbons (Fsp3) is 0.333. The van der Waals surface area contributed by atoms with E-state index in [1.807, 2.05) is 0 Å². The summed E-state index contributed by atoms with van der Waals surface area (Å²) in [4.78, 5) is 9.96. The van der Waals surface area contributed by atoms with E-state index < -0.39 is 6.04 Å². The Morgan fingerprint density at radius 2 is 2.56 bits per heavy atom. The van der Waals surface area contributed by atoms with Crippen LogP contribution in [0, 0.1) is 0 Å². The molecule has 0 saturated carbocycles. The van der Waals surface area contributed by atoms with Crippen molar-refractivity contribution < 1.29 is 4.79 Å². The summed E-state index contributed by atoms with van der Waals surface area (Å²) in [7, 11) is 0. The Balaban J connectivity index is 2.76. The van der Waals surface area contributed by atoms with Gasteiger partial charge in [-0.2, -0.15) is 5.21 Å². The Hall–Kier alpha value is -1.30. The van der Waals surface area contributed by atoms with E-state index in [9.17, 15) is 4.79 Å². The quantitative estimate of drug-likeness (QED) is 0.466.